The van der Waals surface area contributed by atoms with E-state index in [-0.39, 0.29) is 12.0 Å². The molecule has 0 radical (unpaired) electrons. The van der Waals surface area contributed by atoms with Crippen LogP contribution in [0.2, 0.25) is 0 Å². The van der Waals surface area contributed by atoms with E-state index in [1.807, 2.05) is 32.0 Å². The molecule has 0 heterocycles. The first-order valence-corrected chi connectivity index (χ1v) is 5.25. The maximum Gasteiger partial charge on any atom is 0.133 e. The molecule has 3 heteroatoms. The fourth-order valence-corrected chi connectivity index (χ4v) is 1.72. The van der Waals surface area contributed by atoms with Crippen molar-refractivity contribution >= 4 is 15.9 Å². The van der Waals surface area contributed by atoms with Crippen molar-refractivity contribution < 1.29 is 9.84 Å². The molecule has 0 unspecified atom stereocenters. The highest BCUT2D eigenvalue weighted by Crippen LogP contribution is 2.31. The molecule has 0 bridgehead atoms. The average Bonchev–Trinajstić information content (AvgIpc) is 2.17. The number of aliphatic hydroxyl groups is 1. The predicted molar refractivity (Wildman–Crippen MR) is 60.8 cm³/mol. The molecule has 1 N–H and O–H groups in total. The summed E-state index contributed by atoms with van der Waals surface area (Å²) in [6.45, 7) is 4.13. The molecular weight excluding hydrogens is 244 g/mol. The van der Waals surface area contributed by atoms with Crippen molar-refractivity contribution in [3.05, 3.63) is 28.2 Å². The van der Waals surface area contributed by atoms with Gasteiger partial charge in [0.05, 0.1) is 18.2 Å². The molecule has 1 aromatic rings. The first kappa shape index (κ1) is 11.5. The van der Waals surface area contributed by atoms with Crippen LogP contribution in [0.25, 0.3) is 0 Å². The zero-order chi connectivity index (χ0) is 10.8. The van der Waals surface area contributed by atoms with Gasteiger partial charge in [0, 0.05) is 5.41 Å². The minimum Gasteiger partial charge on any atom is -0.496 e. The van der Waals surface area contributed by atoms with Crippen LogP contribution in [0.4, 0.5) is 0 Å². The monoisotopic (exact) mass is 258 g/mol. The van der Waals surface area contributed by atoms with Gasteiger partial charge in [-0.3, -0.25) is 0 Å². The maximum absolute atomic E-state index is 9.22. The second-order valence-corrected chi connectivity index (χ2v) is 4.75. The summed E-state index contributed by atoms with van der Waals surface area (Å²) >= 11 is 3.42. The van der Waals surface area contributed by atoms with Crippen molar-refractivity contribution in [3.8, 4) is 5.75 Å². The van der Waals surface area contributed by atoms with E-state index in [9.17, 15) is 5.11 Å². The summed E-state index contributed by atoms with van der Waals surface area (Å²) in [5, 5.41) is 9.22. The molecule has 0 saturated heterocycles. The third-order valence-electron chi connectivity index (χ3n) is 2.33. The van der Waals surface area contributed by atoms with Gasteiger partial charge in [-0.05, 0) is 33.6 Å². The summed E-state index contributed by atoms with van der Waals surface area (Å²) in [6.07, 6.45) is 0. The van der Waals surface area contributed by atoms with E-state index >= 15 is 0 Å². The summed E-state index contributed by atoms with van der Waals surface area (Å²) in [7, 11) is 1.64. The van der Waals surface area contributed by atoms with Crippen LogP contribution in [0.5, 0.6) is 5.75 Å². The van der Waals surface area contributed by atoms with Gasteiger partial charge in [-0.25, -0.2) is 0 Å². The minimum absolute atomic E-state index is 0.131. The van der Waals surface area contributed by atoms with Crippen LogP contribution in [-0.4, -0.2) is 18.8 Å². The molecule has 0 saturated carbocycles. The molecule has 0 aliphatic carbocycles. The van der Waals surface area contributed by atoms with E-state index < -0.39 is 0 Å². The molecule has 2 nitrogen and oxygen atoms in total. The van der Waals surface area contributed by atoms with E-state index in [0.29, 0.717) is 0 Å². The van der Waals surface area contributed by atoms with Crippen molar-refractivity contribution in [1.82, 2.24) is 0 Å². The molecule has 1 rings (SSSR count). The number of halogens is 1. The Balaban J connectivity index is 3.08. The predicted octanol–water partition coefficient (Wildman–Crippen LogP) is 2.73. The standard InChI is InChI=1S/C11H15BrO2/c1-11(2,7-13)8-4-5-10(14-3)9(12)6-8/h4-6,13H,7H2,1-3H3. The van der Waals surface area contributed by atoms with Gasteiger partial charge < -0.3 is 9.84 Å². The van der Waals surface area contributed by atoms with E-state index in [4.69, 9.17) is 4.74 Å². The van der Waals surface area contributed by atoms with E-state index in [1.165, 1.54) is 0 Å². The fourth-order valence-electron chi connectivity index (χ4n) is 1.18. The van der Waals surface area contributed by atoms with Crippen LogP contribution < -0.4 is 4.74 Å². The summed E-state index contributed by atoms with van der Waals surface area (Å²) in [4.78, 5) is 0. The molecule has 0 fully saturated rings. The summed E-state index contributed by atoms with van der Waals surface area (Å²) in [5.74, 6) is 0.808. The van der Waals surface area contributed by atoms with Crippen molar-refractivity contribution in [2.24, 2.45) is 0 Å². The SMILES string of the molecule is COc1ccc(C(C)(C)CO)cc1Br. The molecule has 14 heavy (non-hydrogen) atoms. The number of rotatable bonds is 3. The molecule has 78 valence electrons. The molecule has 1 aromatic carbocycles. The average molecular weight is 259 g/mol. The number of benzene rings is 1. The third kappa shape index (κ3) is 2.28. The number of ether oxygens (including phenoxy) is 1. The molecule has 0 spiro atoms. The normalized spacial score (nSPS) is 11.5. The van der Waals surface area contributed by atoms with Crippen LogP contribution in [0.1, 0.15) is 19.4 Å². The quantitative estimate of drug-likeness (QED) is 0.904. The second-order valence-electron chi connectivity index (χ2n) is 3.89. The Morgan fingerprint density at radius 3 is 2.50 bits per heavy atom. The van der Waals surface area contributed by atoms with E-state index in [2.05, 4.69) is 15.9 Å². The number of hydrogen-bond donors (Lipinski definition) is 1. The smallest absolute Gasteiger partial charge is 0.133 e. The first-order valence-electron chi connectivity index (χ1n) is 4.46. The first-order chi connectivity index (χ1) is 6.51. The minimum atomic E-state index is -0.214. The van der Waals surface area contributed by atoms with Crippen molar-refractivity contribution in [2.45, 2.75) is 19.3 Å². The summed E-state index contributed by atoms with van der Waals surface area (Å²) in [6, 6.07) is 5.85. The van der Waals surface area contributed by atoms with Gasteiger partial charge in [-0.1, -0.05) is 19.9 Å². The van der Waals surface area contributed by atoms with Gasteiger partial charge >= 0.3 is 0 Å². The lowest BCUT2D eigenvalue weighted by Crippen LogP contribution is -2.21. The lowest BCUT2D eigenvalue weighted by molar-refractivity contribution is 0.218. The van der Waals surface area contributed by atoms with Crippen LogP contribution in [0, 0.1) is 0 Å². The summed E-state index contributed by atoms with van der Waals surface area (Å²) < 4.78 is 6.05. The van der Waals surface area contributed by atoms with E-state index in [0.717, 1.165) is 15.8 Å². The zero-order valence-electron chi connectivity index (χ0n) is 8.67. The number of methoxy groups -OCH3 is 1. The molecular formula is C11H15BrO2. The molecule has 0 amide bonds. The lowest BCUT2D eigenvalue weighted by Gasteiger charge is -2.22. The largest absolute Gasteiger partial charge is 0.496 e. The van der Waals surface area contributed by atoms with Gasteiger partial charge in [0.15, 0.2) is 0 Å². The van der Waals surface area contributed by atoms with Crippen LogP contribution in [0.15, 0.2) is 22.7 Å². The Morgan fingerprint density at radius 2 is 2.07 bits per heavy atom. The highest BCUT2D eigenvalue weighted by Gasteiger charge is 2.20. The Morgan fingerprint density at radius 1 is 1.43 bits per heavy atom. The fraction of sp³-hybridized carbons (Fsp3) is 0.455. The van der Waals surface area contributed by atoms with Gasteiger partial charge in [-0.15, -0.1) is 0 Å². The van der Waals surface area contributed by atoms with Crippen molar-refractivity contribution in [1.29, 1.82) is 0 Å². The number of aliphatic hydroxyl groups excluding tert-OH is 1. The Bertz CT molecular complexity index is 321. The van der Waals surface area contributed by atoms with Crippen molar-refractivity contribution in [3.63, 3.8) is 0 Å². The molecule has 0 aliphatic rings. The molecule has 0 aliphatic heterocycles. The highest BCUT2D eigenvalue weighted by atomic mass is 79.9. The second kappa shape index (κ2) is 4.32. The summed E-state index contributed by atoms with van der Waals surface area (Å²) in [5.41, 5.74) is 0.877. The van der Waals surface area contributed by atoms with Crippen LogP contribution >= 0.6 is 15.9 Å². The Hall–Kier alpha value is -0.540. The number of hydrogen-bond acceptors (Lipinski definition) is 2. The van der Waals surface area contributed by atoms with Crippen molar-refractivity contribution in [2.75, 3.05) is 13.7 Å². The topological polar surface area (TPSA) is 29.5 Å². The Kier molecular flexibility index (Phi) is 3.56. The van der Waals surface area contributed by atoms with E-state index in [1.54, 1.807) is 7.11 Å². The maximum atomic E-state index is 9.22. The van der Waals surface area contributed by atoms with Gasteiger partial charge in [0.25, 0.3) is 0 Å². The third-order valence-corrected chi connectivity index (χ3v) is 2.95. The Labute approximate surface area is 93.0 Å². The lowest BCUT2D eigenvalue weighted by atomic mass is 9.86. The zero-order valence-corrected chi connectivity index (χ0v) is 10.3. The van der Waals surface area contributed by atoms with Gasteiger partial charge in [-0.2, -0.15) is 0 Å². The molecule has 0 aromatic heterocycles. The van der Waals surface area contributed by atoms with Gasteiger partial charge in [0.1, 0.15) is 5.75 Å². The van der Waals surface area contributed by atoms with Crippen LogP contribution in [0.3, 0.4) is 0 Å². The highest BCUT2D eigenvalue weighted by molar-refractivity contribution is 9.10. The molecule has 0 atom stereocenters. The van der Waals surface area contributed by atoms with Crippen LogP contribution in [-0.2, 0) is 5.41 Å². The van der Waals surface area contributed by atoms with Gasteiger partial charge in [0.2, 0.25) is 0 Å².